The van der Waals surface area contributed by atoms with Crippen LogP contribution >= 0.6 is 22.6 Å². The third kappa shape index (κ3) is 3.76. The quantitative estimate of drug-likeness (QED) is 0.462. The Morgan fingerprint density at radius 3 is 2.54 bits per heavy atom. The van der Waals surface area contributed by atoms with Crippen LogP contribution in [0.25, 0.3) is 0 Å². The van der Waals surface area contributed by atoms with Gasteiger partial charge in [-0.1, -0.05) is 52.9 Å². The molecule has 0 aliphatic heterocycles. The van der Waals surface area contributed by atoms with Gasteiger partial charge in [0.1, 0.15) is 0 Å². The van der Waals surface area contributed by atoms with E-state index in [1.807, 2.05) is 30.3 Å². The van der Waals surface area contributed by atoms with Gasteiger partial charge in [0.15, 0.2) is 0 Å². The van der Waals surface area contributed by atoms with Crippen LogP contribution in [0.5, 0.6) is 0 Å². The van der Waals surface area contributed by atoms with Crippen LogP contribution in [-0.4, -0.2) is 22.3 Å². The van der Waals surface area contributed by atoms with E-state index in [4.69, 9.17) is 0 Å². The highest BCUT2D eigenvalue weighted by molar-refractivity contribution is 14.1. The lowest BCUT2D eigenvalue weighted by Gasteiger charge is -2.15. The van der Waals surface area contributed by atoms with Gasteiger partial charge in [-0.3, -0.25) is 4.79 Å². The molecular weight excluding hydrogens is 277 g/mol. The van der Waals surface area contributed by atoms with Crippen LogP contribution in [0, 0.1) is 0 Å². The van der Waals surface area contributed by atoms with Crippen molar-refractivity contribution < 1.29 is 4.79 Å². The normalized spacial score (nSPS) is 9.62. The van der Waals surface area contributed by atoms with E-state index in [9.17, 15) is 4.79 Å². The molecule has 3 heteroatoms. The van der Waals surface area contributed by atoms with Crippen molar-refractivity contribution in [2.75, 3.05) is 11.0 Å². The zero-order chi connectivity index (χ0) is 9.52. The maximum atomic E-state index is 10.6. The Kier molecular flexibility index (Phi) is 4.82. The molecule has 0 heterocycles. The lowest BCUT2D eigenvalue weighted by atomic mass is 10.2. The minimum Gasteiger partial charge on any atom is -0.340 e. The van der Waals surface area contributed by atoms with E-state index in [0.29, 0.717) is 6.54 Å². The molecule has 0 aliphatic rings. The van der Waals surface area contributed by atoms with Crippen LogP contribution in [0.2, 0.25) is 0 Å². The zero-order valence-electron chi connectivity index (χ0n) is 7.32. The highest BCUT2D eigenvalue weighted by atomic mass is 127. The number of alkyl halides is 1. The second-order valence-electron chi connectivity index (χ2n) is 2.75. The minimum absolute atomic E-state index is 0.716. The van der Waals surface area contributed by atoms with Crippen LogP contribution in [0.1, 0.15) is 5.56 Å². The van der Waals surface area contributed by atoms with E-state index in [1.165, 1.54) is 5.56 Å². The van der Waals surface area contributed by atoms with Gasteiger partial charge in [-0.2, -0.15) is 0 Å². The number of rotatable bonds is 5. The second-order valence-corrected chi connectivity index (χ2v) is 3.83. The molecule has 0 spiro atoms. The molecule has 1 rings (SSSR count). The molecule has 1 amide bonds. The van der Waals surface area contributed by atoms with Crippen molar-refractivity contribution in [1.82, 2.24) is 4.90 Å². The highest BCUT2D eigenvalue weighted by Gasteiger charge is 2.00. The molecule has 0 saturated heterocycles. The topological polar surface area (TPSA) is 20.3 Å². The number of hydrogen-bond acceptors (Lipinski definition) is 1. The fourth-order valence-electron chi connectivity index (χ4n) is 1.10. The molecule has 0 saturated carbocycles. The molecule has 2 nitrogen and oxygen atoms in total. The summed E-state index contributed by atoms with van der Waals surface area (Å²) in [6.45, 7) is 1.53. The summed E-state index contributed by atoms with van der Waals surface area (Å²) >= 11 is 2.27. The number of halogens is 1. The van der Waals surface area contributed by atoms with Crippen molar-refractivity contribution >= 4 is 29.0 Å². The average molecular weight is 289 g/mol. The Morgan fingerprint density at radius 1 is 1.31 bits per heavy atom. The smallest absolute Gasteiger partial charge is 0.210 e. The Labute approximate surface area is 92.1 Å². The van der Waals surface area contributed by atoms with Gasteiger partial charge in [0.2, 0.25) is 6.41 Å². The second kappa shape index (κ2) is 5.96. The summed E-state index contributed by atoms with van der Waals surface area (Å²) in [6, 6.07) is 10.0. The first-order valence-corrected chi connectivity index (χ1v) is 5.68. The molecule has 70 valence electrons. The van der Waals surface area contributed by atoms with Gasteiger partial charge in [0, 0.05) is 17.5 Å². The van der Waals surface area contributed by atoms with Gasteiger partial charge in [-0.25, -0.2) is 0 Å². The van der Waals surface area contributed by atoms with E-state index in [0.717, 1.165) is 17.4 Å². The maximum Gasteiger partial charge on any atom is 0.210 e. The third-order valence-electron chi connectivity index (χ3n) is 1.75. The molecule has 0 bridgehead atoms. The predicted octanol–water partition coefficient (Wildman–Crippen LogP) is 2.08. The predicted molar refractivity (Wildman–Crippen MR) is 61.8 cm³/mol. The molecule has 0 fully saturated rings. The average Bonchev–Trinajstić information content (AvgIpc) is 2.19. The summed E-state index contributed by atoms with van der Waals surface area (Å²) < 4.78 is 0.976. The van der Waals surface area contributed by atoms with Gasteiger partial charge in [0.05, 0.1) is 0 Å². The van der Waals surface area contributed by atoms with Gasteiger partial charge in [0.25, 0.3) is 0 Å². The molecule has 0 radical (unpaired) electrons. The zero-order valence-corrected chi connectivity index (χ0v) is 9.48. The van der Waals surface area contributed by atoms with Gasteiger partial charge >= 0.3 is 0 Å². The monoisotopic (exact) mass is 289 g/mol. The first-order valence-electron chi connectivity index (χ1n) is 4.16. The van der Waals surface area contributed by atoms with Gasteiger partial charge in [-0.15, -0.1) is 0 Å². The largest absolute Gasteiger partial charge is 0.340 e. The summed E-state index contributed by atoms with van der Waals surface area (Å²) in [5.41, 5.74) is 1.18. The molecular formula is C10H12INO. The molecule has 1 aromatic rings. The van der Waals surface area contributed by atoms with E-state index in [-0.39, 0.29) is 0 Å². The summed E-state index contributed by atoms with van der Waals surface area (Å²) in [5, 5.41) is 0. The van der Waals surface area contributed by atoms with Crippen LogP contribution in [0.15, 0.2) is 30.3 Å². The van der Waals surface area contributed by atoms with Crippen molar-refractivity contribution in [2.45, 2.75) is 6.54 Å². The van der Waals surface area contributed by atoms with Crippen molar-refractivity contribution in [3.63, 3.8) is 0 Å². The summed E-state index contributed by atoms with van der Waals surface area (Å²) in [4.78, 5) is 12.4. The maximum absolute atomic E-state index is 10.6. The van der Waals surface area contributed by atoms with Gasteiger partial charge in [-0.05, 0) is 5.56 Å². The summed E-state index contributed by atoms with van der Waals surface area (Å²) in [6.07, 6.45) is 0.908. The Morgan fingerprint density at radius 2 is 2.00 bits per heavy atom. The number of carbonyl (C=O) groups excluding carboxylic acids is 1. The van der Waals surface area contributed by atoms with E-state index >= 15 is 0 Å². The molecule has 0 aliphatic carbocycles. The Bertz CT molecular complexity index is 250. The molecule has 0 atom stereocenters. The number of carbonyl (C=O) groups is 1. The molecule has 0 unspecified atom stereocenters. The Hall–Kier alpha value is -0.580. The SMILES string of the molecule is O=CN(CCI)Cc1ccccc1. The van der Waals surface area contributed by atoms with Crippen LogP contribution in [0.4, 0.5) is 0 Å². The first kappa shape index (κ1) is 10.5. The van der Waals surface area contributed by atoms with E-state index < -0.39 is 0 Å². The minimum atomic E-state index is 0.716. The lowest BCUT2D eigenvalue weighted by molar-refractivity contribution is -0.118. The molecule has 0 aromatic heterocycles. The van der Waals surface area contributed by atoms with Crippen molar-refractivity contribution in [3.05, 3.63) is 35.9 Å². The lowest BCUT2D eigenvalue weighted by Crippen LogP contribution is -2.23. The fraction of sp³-hybridized carbons (Fsp3) is 0.300. The number of amides is 1. The van der Waals surface area contributed by atoms with Crippen LogP contribution in [-0.2, 0) is 11.3 Å². The van der Waals surface area contributed by atoms with Crippen molar-refractivity contribution in [2.24, 2.45) is 0 Å². The highest BCUT2D eigenvalue weighted by Crippen LogP contribution is 2.02. The summed E-state index contributed by atoms with van der Waals surface area (Å²) in [5.74, 6) is 0. The van der Waals surface area contributed by atoms with Gasteiger partial charge < -0.3 is 4.90 Å². The van der Waals surface area contributed by atoms with Crippen LogP contribution in [0.3, 0.4) is 0 Å². The van der Waals surface area contributed by atoms with E-state index in [1.54, 1.807) is 4.90 Å². The third-order valence-corrected chi connectivity index (χ3v) is 2.23. The standard InChI is InChI=1S/C10H12INO/c11-6-7-12(9-13)8-10-4-2-1-3-5-10/h1-5,9H,6-8H2. The molecule has 0 N–H and O–H groups in total. The molecule has 13 heavy (non-hydrogen) atoms. The van der Waals surface area contributed by atoms with Crippen molar-refractivity contribution in [1.29, 1.82) is 0 Å². The first-order chi connectivity index (χ1) is 6.36. The number of nitrogens with zero attached hydrogens (tertiary/aromatic N) is 1. The fourth-order valence-corrected chi connectivity index (χ4v) is 1.72. The van der Waals surface area contributed by atoms with Crippen LogP contribution < -0.4 is 0 Å². The van der Waals surface area contributed by atoms with E-state index in [2.05, 4.69) is 22.6 Å². The number of benzene rings is 1. The summed E-state index contributed by atoms with van der Waals surface area (Å²) in [7, 11) is 0. The Balaban J connectivity index is 2.51. The van der Waals surface area contributed by atoms with Crippen molar-refractivity contribution in [3.8, 4) is 0 Å². The number of hydrogen-bond donors (Lipinski definition) is 0. The molecule has 1 aromatic carbocycles.